The summed E-state index contributed by atoms with van der Waals surface area (Å²) in [6.07, 6.45) is 3.38. The molecule has 2 aliphatic rings. The number of thioether (sulfide) groups is 1. The average Bonchev–Trinajstić information content (AvgIpc) is 2.97. The van der Waals surface area contributed by atoms with Crippen LogP contribution in [0.2, 0.25) is 0 Å². The fourth-order valence-corrected chi connectivity index (χ4v) is 5.58. The first-order valence-electron chi connectivity index (χ1n) is 10.4. The molecule has 0 unspecified atom stereocenters. The van der Waals surface area contributed by atoms with E-state index in [0.717, 1.165) is 5.56 Å². The lowest BCUT2D eigenvalue weighted by molar-refractivity contribution is -0.123. The Morgan fingerprint density at radius 1 is 1.26 bits per heavy atom. The number of hydrogen-bond acceptors (Lipinski definition) is 7. The molecule has 2 aliphatic heterocycles. The van der Waals surface area contributed by atoms with Gasteiger partial charge < -0.3 is 9.64 Å². The van der Waals surface area contributed by atoms with E-state index in [0.29, 0.717) is 39.3 Å². The summed E-state index contributed by atoms with van der Waals surface area (Å²) in [5, 5.41) is 0. The number of nitrogens with zero attached hydrogens (tertiary/aromatic N) is 4. The lowest BCUT2D eigenvalue weighted by Crippen LogP contribution is -2.46. The van der Waals surface area contributed by atoms with Crippen molar-refractivity contribution in [1.29, 1.82) is 0 Å². The molecule has 31 heavy (non-hydrogen) atoms. The van der Waals surface area contributed by atoms with Gasteiger partial charge in [0.15, 0.2) is 0 Å². The monoisotopic (exact) mass is 458 g/mol. The molecule has 4 rings (SSSR count). The third-order valence-electron chi connectivity index (χ3n) is 5.40. The van der Waals surface area contributed by atoms with Crippen LogP contribution in [-0.2, 0) is 9.53 Å². The number of rotatable bonds is 3. The molecule has 1 amide bonds. The summed E-state index contributed by atoms with van der Waals surface area (Å²) in [5.41, 5.74) is 1.72. The summed E-state index contributed by atoms with van der Waals surface area (Å²) in [6.45, 7) is 11.0. The normalized spacial score (nSPS) is 23.6. The van der Waals surface area contributed by atoms with Crippen LogP contribution >= 0.6 is 24.0 Å². The average molecular weight is 459 g/mol. The van der Waals surface area contributed by atoms with Crippen LogP contribution in [0.1, 0.15) is 38.8 Å². The van der Waals surface area contributed by atoms with Gasteiger partial charge in [-0.1, -0.05) is 30.0 Å². The van der Waals surface area contributed by atoms with Gasteiger partial charge in [-0.05, 0) is 52.3 Å². The van der Waals surface area contributed by atoms with Crippen molar-refractivity contribution in [3.8, 4) is 0 Å². The summed E-state index contributed by atoms with van der Waals surface area (Å²) in [7, 11) is 0. The molecule has 9 heteroatoms. The van der Waals surface area contributed by atoms with Gasteiger partial charge in [-0.3, -0.25) is 18.9 Å². The van der Waals surface area contributed by atoms with Gasteiger partial charge in [0.2, 0.25) is 0 Å². The number of morpholine rings is 1. The van der Waals surface area contributed by atoms with Gasteiger partial charge in [-0.25, -0.2) is 4.98 Å². The molecule has 2 aromatic heterocycles. The molecule has 2 fully saturated rings. The second kappa shape index (κ2) is 8.37. The molecular formula is C22H26N4O3S2. The van der Waals surface area contributed by atoms with E-state index in [9.17, 15) is 9.59 Å². The smallest absolute Gasteiger partial charge is 0.267 e. The zero-order chi connectivity index (χ0) is 22.4. The predicted molar refractivity (Wildman–Crippen MR) is 129 cm³/mol. The summed E-state index contributed by atoms with van der Waals surface area (Å²) in [6, 6.07) is 3.72. The number of anilines is 1. The zero-order valence-corrected chi connectivity index (χ0v) is 19.9. The van der Waals surface area contributed by atoms with Crippen LogP contribution in [-0.4, -0.2) is 55.9 Å². The highest BCUT2D eigenvalue weighted by Crippen LogP contribution is 2.35. The second-order valence-electron chi connectivity index (χ2n) is 8.35. The molecule has 0 spiro atoms. The zero-order valence-electron chi connectivity index (χ0n) is 18.3. The van der Waals surface area contributed by atoms with E-state index >= 15 is 0 Å². The Hall–Kier alpha value is -2.23. The summed E-state index contributed by atoms with van der Waals surface area (Å²) in [4.78, 5) is 35.5. The van der Waals surface area contributed by atoms with Crippen molar-refractivity contribution < 1.29 is 9.53 Å². The van der Waals surface area contributed by atoms with Crippen LogP contribution in [0.3, 0.4) is 0 Å². The van der Waals surface area contributed by atoms with Crippen LogP contribution in [0.5, 0.6) is 0 Å². The van der Waals surface area contributed by atoms with Crippen molar-refractivity contribution in [2.24, 2.45) is 0 Å². The molecule has 2 atom stereocenters. The fourth-order valence-electron chi connectivity index (χ4n) is 4.07. The molecule has 164 valence electrons. The topological polar surface area (TPSA) is 67.2 Å². The maximum Gasteiger partial charge on any atom is 0.267 e. The minimum absolute atomic E-state index is 0.00729. The number of fused-ring (bicyclic) bond motifs is 1. The Balaban J connectivity index is 1.92. The van der Waals surface area contributed by atoms with E-state index in [2.05, 4.69) is 4.90 Å². The van der Waals surface area contributed by atoms with E-state index < -0.39 is 0 Å². The molecule has 0 saturated carbocycles. The van der Waals surface area contributed by atoms with Crippen LogP contribution in [0.4, 0.5) is 5.82 Å². The van der Waals surface area contributed by atoms with E-state index in [1.54, 1.807) is 21.6 Å². The van der Waals surface area contributed by atoms with E-state index in [-0.39, 0.29) is 29.7 Å². The van der Waals surface area contributed by atoms with Crippen molar-refractivity contribution in [1.82, 2.24) is 14.3 Å². The van der Waals surface area contributed by atoms with Gasteiger partial charge in [-0.2, -0.15) is 0 Å². The van der Waals surface area contributed by atoms with Crippen molar-refractivity contribution in [3.63, 3.8) is 0 Å². The third-order valence-corrected chi connectivity index (χ3v) is 6.73. The molecule has 2 saturated heterocycles. The molecule has 0 aromatic carbocycles. The summed E-state index contributed by atoms with van der Waals surface area (Å²) >= 11 is 6.63. The maximum absolute atomic E-state index is 13.6. The number of hydrogen-bond donors (Lipinski definition) is 0. The van der Waals surface area contributed by atoms with Gasteiger partial charge in [0.05, 0.1) is 22.7 Å². The largest absolute Gasteiger partial charge is 0.372 e. The highest BCUT2D eigenvalue weighted by Gasteiger charge is 2.35. The van der Waals surface area contributed by atoms with Crippen LogP contribution in [0.15, 0.2) is 28.0 Å². The first-order chi connectivity index (χ1) is 14.7. The molecule has 4 heterocycles. The van der Waals surface area contributed by atoms with Crippen LogP contribution in [0.25, 0.3) is 11.7 Å². The number of amides is 1. The first-order valence-corrected chi connectivity index (χ1v) is 11.6. The van der Waals surface area contributed by atoms with E-state index in [1.165, 1.54) is 11.8 Å². The first kappa shape index (κ1) is 22.0. The van der Waals surface area contributed by atoms with Gasteiger partial charge in [0, 0.05) is 25.3 Å². The van der Waals surface area contributed by atoms with Crippen molar-refractivity contribution in [2.75, 3.05) is 18.0 Å². The predicted octanol–water partition coefficient (Wildman–Crippen LogP) is 3.23. The van der Waals surface area contributed by atoms with E-state index in [1.807, 2.05) is 46.8 Å². The Bertz CT molecular complexity index is 1150. The second-order valence-corrected chi connectivity index (χ2v) is 10.0. The Labute approximate surface area is 191 Å². The lowest BCUT2D eigenvalue weighted by Gasteiger charge is -2.36. The van der Waals surface area contributed by atoms with Crippen molar-refractivity contribution in [2.45, 2.75) is 52.9 Å². The lowest BCUT2D eigenvalue weighted by atomic mass is 10.1. The van der Waals surface area contributed by atoms with Gasteiger partial charge in [0.1, 0.15) is 15.8 Å². The number of thiocarbonyl (C=S) groups is 1. The van der Waals surface area contributed by atoms with Crippen LogP contribution < -0.4 is 10.5 Å². The van der Waals surface area contributed by atoms with Gasteiger partial charge in [0.25, 0.3) is 11.5 Å². The molecule has 0 bridgehead atoms. The van der Waals surface area contributed by atoms with Crippen molar-refractivity contribution in [3.05, 3.63) is 44.7 Å². The number of carbonyl (C=O) groups excluding carboxylic acids is 1. The maximum atomic E-state index is 13.6. The number of pyridine rings is 1. The Kier molecular flexibility index (Phi) is 5.93. The minimum Gasteiger partial charge on any atom is -0.372 e. The SMILES string of the molecule is Cc1cccn2c(=O)c(/C=C3\SC(=S)N(C(C)C)C3=O)c(N3C[C@@H](C)O[C@H](C)C3)nc12. The highest BCUT2D eigenvalue weighted by atomic mass is 32.2. The minimum atomic E-state index is -0.203. The van der Waals surface area contributed by atoms with Crippen LogP contribution in [0, 0.1) is 6.92 Å². The molecule has 0 aliphatic carbocycles. The third kappa shape index (κ3) is 4.02. The molecule has 0 N–H and O–H groups in total. The summed E-state index contributed by atoms with van der Waals surface area (Å²) in [5.74, 6) is 0.407. The molecule has 2 aromatic rings. The van der Waals surface area contributed by atoms with E-state index in [4.69, 9.17) is 21.9 Å². The van der Waals surface area contributed by atoms with Gasteiger partial charge >= 0.3 is 0 Å². The number of carbonyl (C=O) groups is 1. The highest BCUT2D eigenvalue weighted by molar-refractivity contribution is 8.26. The van der Waals surface area contributed by atoms with Gasteiger partial charge in [-0.15, -0.1) is 0 Å². The Morgan fingerprint density at radius 3 is 2.55 bits per heavy atom. The molecule has 7 nitrogen and oxygen atoms in total. The summed E-state index contributed by atoms with van der Waals surface area (Å²) < 4.78 is 7.92. The standard InChI is InChI=1S/C22H26N4O3S2/c1-12(2)26-21(28)17(31-22(26)30)9-16-19(24-10-14(4)29-15(5)11-24)23-18-13(3)7-6-8-25(18)20(16)27/h6-9,12,14-15H,10-11H2,1-5H3/b17-9-/t14-,15-/m1/s1. The molecular weight excluding hydrogens is 432 g/mol. The number of aromatic nitrogens is 2. The number of aryl methyl sites for hydroxylation is 1. The molecule has 0 radical (unpaired) electrons. The van der Waals surface area contributed by atoms with Crippen molar-refractivity contribution >= 4 is 51.7 Å². The number of ether oxygens (including phenoxy) is 1. The quantitative estimate of drug-likeness (QED) is 0.517. The Morgan fingerprint density at radius 2 is 1.94 bits per heavy atom. The fraction of sp³-hybridized carbons (Fsp3) is 0.455.